The van der Waals surface area contributed by atoms with Crippen LogP contribution in [0.2, 0.25) is 0 Å². The number of amides is 8. The summed E-state index contributed by atoms with van der Waals surface area (Å²) in [7, 11) is 1.66. The van der Waals surface area contributed by atoms with Gasteiger partial charge in [0, 0.05) is 107 Å². The molecule has 19 N–H and O–H groups in total. The van der Waals surface area contributed by atoms with Crippen LogP contribution in [0.25, 0.3) is 10.9 Å². The summed E-state index contributed by atoms with van der Waals surface area (Å²) in [6.45, 7) is 2.46. The Morgan fingerprint density at radius 3 is 1.61 bits per heavy atom. The predicted octanol–water partition coefficient (Wildman–Crippen LogP) is -3.28. The number of aromatic amines is 1. The zero-order valence-corrected chi connectivity index (χ0v) is 59.4. The molecule has 570 valence electrons. The third-order valence-electron chi connectivity index (χ3n) is 16.6. The van der Waals surface area contributed by atoms with Gasteiger partial charge in [0.25, 0.3) is 5.97 Å². The Morgan fingerprint density at radius 2 is 1.08 bits per heavy atom. The number of rotatable bonds is 26. The summed E-state index contributed by atoms with van der Waals surface area (Å²) in [6.07, 6.45) is -1.92. The fraction of sp³-hybridized carbons (Fsp3) is 0.507. The molecule has 0 bridgehead atoms. The summed E-state index contributed by atoms with van der Waals surface area (Å²) in [5.74, 6) is -14.8. The number of unbranched alkanes of at least 4 members (excludes halogenated alkanes) is 1. The second-order valence-electron chi connectivity index (χ2n) is 25.0. The van der Waals surface area contributed by atoms with E-state index in [4.69, 9.17) is 15.6 Å². The molecule has 2 fully saturated rings. The molecule has 6 rings (SSSR count). The number of carbonyl (C=O) groups is 13. The van der Waals surface area contributed by atoms with Gasteiger partial charge >= 0.3 is 23.9 Å². The van der Waals surface area contributed by atoms with E-state index in [1.54, 1.807) is 80.4 Å². The molecule has 2 aliphatic heterocycles. The Balaban J connectivity index is 0.00000473. The number of aliphatic hydroxyl groups excluding tert-OH is 2. The lowest BCUT2D eigenvalue weighted by Gasteiger charge is -2.33. The minimum atomic E-state index is -1.91. The zero-order valence-electron chi connectivity index (χ0n) is 57.8. The van der Waals surface area contributed by atoms with Crippen molar-refractivity contribution in [3.05, 3.63) is 102 Å². The Hall–Kier alpha value is -9.47. The van der Waals surface area contributed by atoms with Gasteiger partial charge in [-0.2, -0.15) is 0 Å². The summed E-state index contributed by atoms with van der Waals surface area (Å²) in [4.78, 5) is 185. The number of nitrogens with zero attached hydrogens (tertiary/aromatic N) is 4. The summed E-state index contributed by atoms with van der Waals surface area (Å²) in [5.41, 5.74) is 7.96. The smallest absolute Gasteiger partial charge is 0.328 e. The quantitative estimate of drug-likeness (QED) is 0.0216. The van der Waals surface area contributed by atoms with Crippen molar-refractivity contribution in [2.24, 2.45) is 5.73 Å². The topological polar surface area (TPSA) is 535 Å². The Kier molecular flexibility index (Phi) is 35.7. The third kappa shape index (κ3) is 30.1. The molecule has 2 aliphatic rings. The zero-order chi connectivity index (χ0) is 76.6. The van der Waals surface area contributed by atoms with Gasteiger partial charge in [0.15, 0.2) is 6.04 Å². The highest BCUT2D eigenvalue weighted by atomic mass is 33.1. The number of aromatic nitrogens is 1. The highest BCUT2D eigenvalue weighted by molar-refractivity contribution is 8.76. The molecule has 2 saturated heterocycles. The van der Waals surface area contributed by atoms with Crippen LogP contribution in [-0.2, 0) is 81.6 Å². The van der Waals surface area contributed by atoms with Crippen LogP contribution in [0.5, 0.6) is 5.75 Å². The number of H-pyrrole nitrogens is 1. The first kappa shape index (κ1) is 85.2. The van der Waals surface area contributed by atoms with Crippen molar-refractivity contribution >= 4 is 110 Å². The molecule has 37 heteroatoms. The van der Waals surface area contributed by atoms with Gasteiger partial charge in [-0.3, -0.25) is 77.1 Å². The van der Waals surface area contributed by atoms with Crippen molar-refractivity contribution < 1.29 is 103 Å². The minimum Gasteiger partial charge on any atom is -0.508 e. The molecule has 0 spiro atoms. The van der Waals surface area contributed by atoms with Crippen LogP contribution in [0.3, 0.4) is 0 Å². The van der Waals surface area contributed by atoms with E-state index in [0.717, 1.165) is 42.4 Å². The number of carboxylic acids is 5. The molecule has 0 radical (unpaired) electrons. The van der Waals surface area contributed by atoms with Gasteiger partial charge in [0.1, 0.15) is 48.0 Å². The number of para-hydroxylation sites is 1. The molecule has 10 atom stereocenters. The van der Waals surface area contributed by atoms with Crippen molar-refractivity contribution in [2.45, 2.75) is 120 Å². The largest absolute Gasteiger partial charge is 0.508 e. The first-order valence-electron chi connectivity index (χ1n) is 33.5. The van der Waals surface area contributed by atoms with Crippen molar-refractivity contribution in [3.8, 4) is 5.75 Å². The standard InChI is InChI=1S/C65H90N14O19S2.C2H4O2/c1-38(80)56-64(96)73-51(63(95)75-57(39(2)81)65(97)98)37-100-99-36-50(72-59(91)47(28-40-10-4-3-5-11-40)68-52(83)32-76-20-22-77(33-53(84)85)24-26-79(35-55(88)89)27-25-78(23-21-76)34-54(86)87)62(94)70-48(29-41-15-17-43(82)18-16-41)60(92)71-49(30-42-31-67-45-13-7-6-12-44(42)45)61(93)69-46(58(90)74-56)14-8-9-19-66;1-2(3)4/h3-7,10-13,15-18,31,38-39,46-51,56-57,67,80-82H,8-9,14,19-30,32-37,66H2,1-2H3,(H,68,83)(H,69,93)(H,70,94)(H,71,92)(H,72,91)(H,73,96)(H,74,90)(H,75,95)(H,84,85)(H,86,87)(H,88,89)(H,97,98);1H3,(H,3,4)/t38-,39-,46?,47-,48+,49?,50?,51+,56+,57+;/m1./s1. The van der Waals surface area contributed by atoms with E-state index in [0.29, 0.717) is 34.0 Å². The Bertz CT molecular complexity index is 3520. The lowest BCUT2D eigenvalue weighted by Crippen LogP contribution is -2.62. The van der Waals surface area contributed by atoms with E-state index in [9.17, 15) is 78.9 Å². The number of aliphatic carboxylic acids is 5. The molecule has 0 aliphatic carbocycles. The number of carbonyl (C=O) groups excluding carboxylic acids is 8. The van der Waals surface area contributed by atoms with Gasteiger partial charge in [-0.15, -0.1) is 0 Å². The van der Waals surface area contributed by atoms with Gasteiger partial charge in [0.05, 0.1) is 38.4 Å². The lowest BCUT2D eigenvalue weighted by molar-refractivity contribution is -0.145. The highest BCUT2D eigenvalue weighted by Crippen LogP contribution is 2.25. The molecule has 1 aromatic heterocycles. The number of fused-ring (bicyclic) bond motifs is 1. The SMILES string of the molecule is CC(=O)O.C[C@@H](O)[C@H](NC(=O)[C@@H]1CSSCC(NC(=O)[C@@H](Cc2ccccc2)NC(=O)CN2CCN(CC(=O)O)CCN(CC(=O)O)CCN(CC(=O)O)CC2)C(=O)N[C@@H](Cc2ccc(O)cc2)C(=O)NC(Cc2c[nH]c3ccccc23)C(=O)NC(CCCCN)C(=O)N[C@@H]([C@@H](C)O)C(=O)N1)C(=O)O. The number of aliphatic hydroxyl groups is 2. The average molecular weight is 1500 g/mol. The van der Waals surface area contributed by atoms with Crippen molar-refractivity contribution in [2.75, 3.05) is 96.6 Å². The van der Waals surface area contributed by atoms with E-state index in [1.165, 1.54) is 24.3 Å². The van der Waals surface area contributed by atoms with E-state index in [2.05, 4.69) is 47.5 Å². The van der Waals surface area contributed by atoms with Crippen LogP contribution in [0.1, 0.15) is 56.7 Å². The monoisotopic (exact) mass is 1490 g/mol. The number of phenols is 1. The molecule has 104 heavy (non-hydrogen) atoms. The second-order valence-corrected chi connectivity index (χ2v) is 27.6. The molecule has 3 aromatic carbocycles. The number of phenolic OH excluding ortho intramolecular Hbond substituents is 1. The molecule has 0 saturated carbocycles. The van der Waals surface area contributed by atoms with Gasteiger partial charge in [-0.25, -0.2) is 4.79 Å². The number of nitrogens with one attached hydrogen (secondary N) is 9. The van der Waals surface area contributed by atoms with Gasteiger partial charge in [-0.1, -0.05) is 82.3 Å². The predicted molar refractivity (Wildman–Crippen MR) is 380 cm³/mol. The molecule has 3 heterocycles. The van der Waals surface area contributed by atoms with Crippen LogP contribution < -0.4 is 48.3 Å². The fourth-order valence-corrected chi connectivity index (χ4v) is 13.4. The van der Waals surface area contributed by atoms with Crippen LogP contribution in [-0.4, -0.2) is 300 Å². The fourth-order valence-electron chi connectivity index (χ4n) is 11.1. The molecule has 35 nitrogen and oxygen atoms in total. The Labute approximate surface area is 606 Å². The highest BCUT2D eigenvalue weighted by Gasteiger charge is 2.38. The van der Waals surface area contributed by atoms with Crippen molar-refractivity contribution in [1.82, 2.24) is 67.1 Å². The molecular formula is C67H94N14O21S2. The van der Waals surface area contributed by atoms with Gasteiger partial charge in [-0.05, 0) is 74.5 Å². The van der Waals surface area contributed by atoms with E-state index in [-0.39, 0.29) is 103 Å². The summed E-state index contributed by atoms with van der Waals surface area (Å²) >= 11 is 0. The molecule has 8 amide bonds. The lowest BCUT2D eigenvalue weighted by atomic mass is 10.0. The maximum Gasteiger partial charge on any atom is 0.328 e. The van der Waals surface area contributed by atoms with Crippen LogP contribution in [0.4, 0.5) is 0 Å². The van der Waals surface area contributed by atoms with E-state index in [1.807, 2.05) is 0 Å². The molecule has 3 unspecified atom stereocenters. The van der Waals surface area contributed by atoms with E-state index >= 15 is 14.4 Å². The maximum atomic E-state index is 15.3. The van der Waals surface area contributed by atoms with E-state index < -0.39 is 169 Å². The second kappa shape index (κ2) is 43.6. The van der Waals surface area contributed by atoms with Crippen molar-refractivity contribution in [1.29, 1.82) is 0 Å². The minimum absolute atomic E-state index is 0.0426. The number of carboxylic acid groups (broad SMARTS) is 5. The first-order valence-corrected chi connectivity index (χ1v) is 35.9. The number of hydrogen-bond acceptors (Lipinski definition) is 23. The Morgan fingerprint density at radius 1 is 0.577 bits per heavy atom. The number of nitrogens with two attached hydrogens (primary N) is 1. The summed E-state index contributed by atoms with van der Waals surface area (Å²) < 4.78 is 0. The average Bonchev–Trinajstić information content (AvgIpc) is 1.63. The maximum absolute atomic E-state index is 15.3. The molecular weight excluding hydrogens is 1400 g/mol. The van der Waals surface area contributed by atoms with Crippen LogP contribution in [0, 0.1) is 0 Å². The third-order valence-corrected chi connectivity index (χ3v) is 19.0. The van der Waals surface area contributed by atoms with Gasteiger partial charge < -0.3 is 94.1 Å². The molecule has 4 aromatic rings. The van der Waals surface area contributed by atoms with Crippen LogP contribution in [0.15, 0.2) is 85.1 Å². The normalized spacial score (nSPS) is 21.3. The first-order chi connectivity index (χ1) is 49.4. The number of aromatic hydroxyl groups is 1. The summed E-state index contributed by atoms with van der Waals surface area (Å²) in [6, 6.07) is 7.92. The summed E-state index contributed by atoms with van der Waals surface area (Å²) in [5, 5.41) is 99.8. The van der Waals surface area contributed by atoms with Crippen molar-refractivity contribution in [3.63, 3.8) is 0 Å². The van der Waals surface area contributed by atoms with Gasteiger partial charge in [0.2, 0.25) is 47.3 Å². The number of benzene rings is 3. The van der Waals surface area contributed by atoms with Crippen LogP contribution >= 0.6 is 21.6 Å². The number of hydrogen-bond donors (Lipinski definition) is 18.